The second-order valence-corrected chi connectivity index (χ2v) is 6.53. The number of nitrogens with one attached hydrogen (secondary N) is 1. The molecule has 2 aliphatic rings. The van der Waals surface area contributed by atoms with E-state index in [0.29, 0.717) is 11.5 Å². The van der Waals surface area contributed by atoms with Gasteiger partial charge in [0.15, 0.2) is 9.84 Å². The zero-order valence-electron chi connectivity index (χ0n) is 7.83. The minimum atomic E-state index is -2.69. The molecule has 1 N–H and O–H groups in total. The van der Waals surface area contributed by atoms with E-state index in [1.54, 1.807) is 0 Å². The molecule has 0 bridgehead atoms. The largest absolute Gasteiger partial charge is 0.313 e. The van der Waals surface area contributed by atoms with Crippen LogP contribution in [0, 0.1) is 5.92 Å². The van der Waals surface area contributed by atoms with Crippen LogP contribution in [0.2, 0.25) is 0 Å². The van der Waals surface area contributed by atoms with Gasteiger partial charge in [0.05, 0.1) is 11.5 Å². The molecule has 0 aromatic heterocycles. The van der Waals surface area contributed by atoms with Crippen LogP contribution in [0.25, 0.3) is 0 Å². The topological polar surface area (TPSA) is 46.2 Å². The van der Waals surface area contributed by atoms with E-state index >= 15 is 0 Å². The summed E-state index contributed by atoms with van der Waals surface area (Å²) in [6, 6.07) is 0.241. The Bertz CT molecular complexity index is 269. The Kier molecular flexibility index (Phi) is 2.60. The van der Waals surface area contributed by atoms with Crippen LogP contribution in [-0.4, -0.2) is 32.5 Å². The highest BCUT2D eigenvalue weighted by molar-refractivity contribution is 7.91. The quantitative estimate of drug-likeness (QED) is 0.729. The number of rotatable bonds is 3. The fraction of sp³-hybridized carbons (Fsp3) is 1.00. The van der Waals surface area contributed by atoms with Gasteiger partial charge in [-0.3, -0.25) is 0 Å². The van der Waals surface area contributed by atoms with Gasteiger partial charge in [-0.05, 0) is 31.7 Å². The van der Waals surface area contributed by atoms with Crippen molar-refractivity contribution in [2.24, 2.45) is 5.92 Å². The number of hydrogen-bond donors (Lipinski definition) is 1. The Balaban J connectivity index is 1.71. The van der Waals surface area contributed by atoms with E-state index in [1.165, 1.54) is 19.3 Å². The first-order valence-electron chi connectivity index (χ1n) is 5.09. The van der Waals surface area contributed by atoms with Gasteiger partial charge in [-0.15, -0.1) is 0 Å². The van der Waals surface area contributed by atoms with Crippen molar-refractivity contribution in [2.75, 3.05) is 18.1 Å². The maximum Gasteiger partial charge on any atom is 0.151 e. The highest BCUT2D eigenvalue weighted by Crippen LogP contribution is 2.25. The van der Waals surface area contributed by atoms with Crippen molar-refractivity contribution in [1.29, 1.82) is 0 Å². The summed E-state index contributed by atoms with van der Waals surface area (Å²) in [6.45, 7) is 1.03. The van der Waals surface area contributed by atoms with Gasteiger partial charge in [0.2, 0.25) is 0 Å². The van der Waals surface area contributed by atoms with Crippen LogP contribution in [0.15, 0.2) is 0 Å². The third-order valence-corrected chi connectivity index (χ3v) is 4.92. The lowest BCUT2D eigenvalue weighted by molar-refractivity contribution is 0.292. The molecule has 1 aliphatic heterocycles. The summed E-state index contributed by atoms with van der Waals surface area (Å²) in [5.41, 5.74) is 0. The molecule has 2 fully saturated rings. The van der Waals surface area contributed by atoms with Crippen LogP contribution < -0.4 is 5.32 Å². The summed E-state index contributed by atoms with van der Waals surface area (Å²) in [7, 11) is -2.69. The molecule has 1 saturated carbocycles. The fourth-order valence-corrected chi connectivity index (χ4v) is 3.69. The Morgan fingerprint density at radius 3 is 2.46 bits per heavy atom. The zero-order valence-corrected chi connectivity index (χ0v) is 8.65. The van der Waals surface area contributed by atoms with Crippen molar-refractivity contribution in [2.45, 2.75) is 31.7 Å². The van der Waals surface area contributed by atoms with Crippen molar-refractivity contribution in [1.82, 2.24) is 5.32 Å². The third-order valence-electron chi connectivity index (χ3n) is 3.15. The second kappa shape index (κ2) is 3.58. The smallest absolute Gasteiger partial charge is 0.151 e. The average molecular weight is 203 g/mol. The summed E-state index contributed by atoms with van der Waals surface area (Å²) in [5, 5.41) is 3.36. The highest BCUT2D eigenvalue weighted by Gasteiger charge is 2.28. The minimum absolute atomic E-state index is 0.241. The van der Waals surface area contributed by atoms with E-state index in [2.05, 4.69) is 5.32 Å². The average Bonchev–Trinajstić information content (AvgIpc) is 2.27. The molecule has 4 heteroatoms. The molecule has 1 saturated heterocycles. The molecule has 0 aromatic rings. The lowest BCUT2D eigenvalue weighted by atomic mass is 9.85. The van der Waals surface area contributed by atoms with E-state index in [1.807, 2.05) is 0 Å². The molecule has 1 heterocycles. The van der Waals surface area contributed by atoms with Crippen molar-refractivity contribution >= 4 is 9.84 Å². The summed E-state index contributed by atoms with van der Waals surface area (Å²) < 4.78 is 22.3. The van der Waals surface area contributed by atoms with Crippen molar-refractivity contribution < 1.29 is 8.42 Å². The molecule has 0 amide bonds. The first-order chi connectivity index (χ1) is 6.16. The number of sulfone groups is 1. The monoisotopic (exact) mass is 203 g/mol. The standard InChI is InChI=1S/C9H17NO2S/c11-13(12)5-4-9(7-13)10-6-8-2-1-3-8/h8-10H,1-7H2. The maximum absolute atomic E-state index is 11.1. The van der Waals surface area contributed by atoms with Gasteiger partial charge in [-0.1, -0.05) is 6.42 Å². The summed E-state index contributed by atoms with van der Waals surface area (Å²) in [4.78, 5) is 0. The van der Waals surface area contributed by atoms with Gasteiger partial charge in [0, 0.05) is 6.04 Å². The van der Waals surface area contributed by atoms with Crippen LogP contribution >= 0.6 is 0 Å². The van der Waals surface area contributed by atoms with Gasteiger partial charge in [0.1, 0.15) is 0 Å². The maximum atomic E-state index is 11.1. The molecule has 3 nitrogen and oxygen atoms in total. The molecule has 0 radical (unpaired) electrons. The van der Waals surface area contributed by atoms with Gasteiger partial charge in [0.25, 0.3) is 0 Å². The molecule has 0 aromatic carbocycles. The zero-order chi connectivity index (χ0) is 9.31. The Morgan fingerprint density at radius 2 is 2.00 bits per heavy atom. The predicted octanol–water partition coefficient (Wildman–Crippen LogP) is 0.563. The van der Waals surface area contributed by atoms with E-state index in [4.69, 9.17) is 0 Å². The van der Waals surface area contributed by atoms with E-state index in [0.717, 1.165) is 18.9 Å². The van der Waals surface area contributed by atoms with Gasteiger partial charge >= 0.3 is 0 Å². The Labute approximate surface area is 79.8 Å². The van der Waals surface area contributed by atoms with E-state index in [-0.39, 0.29) is 6.04 Å². The SMILES string of the molecule is O=S1(=O)CCC(NCC2CCC2)C1. The first-order valence-corrected chi connectivity index (χ1v) is 6.92. The van der Waals surface area contributed by atoms with Gasteiger partial charge < -0.3 is 5.32 Å². The Morgan fingerprint density at radius 1 is 1.23 bits per heavy atom. The minimum Gasteiger partial charge on any atom is -0.313 e. The van der Waals surface area contributed by atoms with Crippen molar-refractivity contribution in [3.63, 3.8) is 0 Å². The molecule has 0 spiro atoms. The van der Waals surface area contributed by atoms with Crippen LogP contribution in [0.1, 0.15) is 25.7 Å². The highest BCUT2D eigenvalue weighted by atomic mass is 32.2. The predicted molar refractivity (Wildman–Crippen MR) is 52.4 cm³/mol. The third kappa shape index (κ3) is 2.44. The van der Waals surface area contributed by atoms with E-state index in [9.17, 15) is 8.42 Å². The van der Waals surface area contributed by atoms with E-state index < -0.39 is 9.84 Å². The van der Waals surface area contributed by atoms with Crippen LogP contribution in [0.3, 0.4) is 0 Å². The van der Waals surface area contributed by atoms with Crippen LogP contribution in [0.5, 0.6) is 0 Å². The summed E-state index contributed by atoms with van der Waals surface area (Å²) in [5.74, 6) is 1.57. The lowest BCUT2D eigenvalue weighted by Crippen LogP contribution is -2.36. The molecule has 1 atom stereocenters. The Hall–Kier alpha value is -0.0900. The lowest BCUT2D eigenvalue weighted by Gasteiger charge is -2.26. The van der Waals surface area contributed by atoms with Crippen LogP contribution in [0.4, 0.5) is 0 Å². The molecule has 1 unspecified atom stereocenters. The normalized spacial score (nSPS) is 33.1. The summed E-state index contributed by atoms with van der Waals surface area (Å²) >= 11 is 0. The molecule has 2 rings (SSSR count). The second-order valence-electron chi connectivity index (χ2n) is 4.31. The number of hydrogen-bond acceptors (Lipinski definition) is 3. The molecule has 13 heavy (non-hydrogen) atoms. The molecule has 1 aliphatic carbocycles. The molecule has 76 valence electrons. The van der Waals surface area contributed by atoms with Gasteiger partial charge in [-0.25, -0.2) is 8.42 Å². The first kappa shape index (κ1) is 9.46. The molecular weight excluding hydrogens is 186 g/mol. The van der Waals surface area contributed by atoms with Crippen molar-refractivity contribution in [3.8, 4) is 0 Å². The fourth-order valence-electron chi connectivity index (χ4n) is 1.99. The summed E-state index contributed by atoms with van der Waals surface area (Å²) in [6.07, 6.45) is 4.82. The van der Waals surface area contributed by atoms with Gasteiger partial charge in [-0.2, -0.15) is 0 Å². The van der Waals surface area contributed by atoms with Crippen LogP contribution in [-0.2, 0) is 9.84 Å². The molecular formula is C9H17NO2S. The van der Waals surface area contributed by atoms with Crippen molar-refractivity contribution in [3.05, 3.63) is 0 Å².